The molecule has 1 rings (SSSR count). The summed E-state index contributed by atoms with van der Waals surface area (Å²) in [4.78, 5) is 2.53. The molecule has 0 saturated heterocycles. The fraction of sp³-hybridized carbons (Fsp3) is 0.667. The molecule has 0 amide bonds. The van der Waals surface area contributed by atoms with Crippen LogP contribution in [0.5, 0.6) is 0 Å². The number of nitrogens with zero attached hydrogens (tertiary/aromatic N) is 1. The van der Waals surface area contributed by atoms with Crippen molar-refractivity contribution in [3.05, 3.63) is 34.9 Å². The molecule has 1 unspecified atom stereocenters. The van der Waals surface area contributed by atoms with Crippen molar-refractivity contribution in [1.82, 2.24) is 4.90 Å². The third kappa shape index (κ3) is 4.80. The van der Waals surface area contributed by atoms with Gasteiger partial charge in [-0.05, 0) is 37.8 Å². The number of hydrogen-bond acceptors (Lipinski definition) is 3. The van der Waals surface area contributed by atoms with E-state index in [2.05, 4.69) is 50.8 Å². The molecule has 1 aromatic carbocycles. The number of benzene rings is 1. The number of ether oxygens (including phenoxy) is 1. The lowest BCUT2D eigenvalue weighted by Crippen LogP contribution is -2.43. The molecule has 0 aliphatic rings. The maximum absolute atomic E-state index is 6.16. The maximum atomic E-state index is 6.16. The summed E-state index contributed by atoms with van der Waals surface area (Å²) in [6, 6.07) is 7.48. The molecule has 120 valence electrons. The average Bonchev–Trinajstić information content (AvgIpc) is 2.49. The molecule has 2 N–H and O–H groups in total. The molecular formula is C18H32N2O. The number of nitrogens with two attached hydrogens (primary N) is 1. The Labute approximate surface area is 130 Å². The highest BCUT2D eigenvalue weighted by atomic mass is 16.5. The van der Waals surface area contributed by atoms with E-state index in [-0.39, 0.29) is 6.04 Å². The van der Waals surface area contributed by atoms with Crippen LogP contribution in [-0.2, 0) is 4.74 Å². The van der Waals surface area contributed by atoms with Gasteiger partial charge in [-0.15, -0.1) is 0 Å². The zero-order valence-electron chi connectivity index (χ0n) is 14.4. The molecule has 0 aliphatic carbocycles. The lowest BCUT2D eigenvalue weighted by Gasteiger charge is -2.38. The number of methoxy groups -OCH3 is 1. The molecule has 0 bridgehead atoms. The molecule has 0 aromatic heterocycles. The van der Waals surface area contributed by atoms with Gasteiger partial charge in [-0.3, -0.25) is 4.90 Å². The third-order valence-electron chi connectivity index (χ3n) is 4.38. The quantitative estimate of drug-likeness (QED) is 0.757. The predicted octanol–water partition coefficient (Wildman–Crippen LogP) is 3.44. The van der Waals surface area contributed by atoms with Gasteiger partial charge in [0.2, 0.25) is 0 Å². The molecule has 21 heavy (non-hydrogen) atoms. The van der Waals surface area contributed by atoms with Gasteiger partial charge in [0.05, 0.1) is 6.61 Å². The Morgan fingerprint density at radius 3 is 2.38 bits per heavy atom. The summed E-state index contributed by atoms with van der Waals surface area (Å²) >= 11 is 0. The maximum Gasteiger partial charge on any atom is 0.0590 e. The van der Waals surface area contributed by atoms with Crippen LogP contribution in [0.2, 0.25) is 0 Å². The topological polar surface area (TPSA) is 38.5 Å². The van der Waals surface area contributed by atoms with Crippen LogP contribution in [0.25, 0.3) is 0 Å². The van der Waals surface area contributed by atoms with Crippen LogP contribution < -0.4 is 5.73 Å². The zero-order chi connectivity index (χ0) is 15.8. The molecule has 0 radical (unpaired) electrons. The summed E-state index contributed by atoms with van der Waals surface area (Å²) in [5.41, 5.74) is 10.1. The molecule has 1 aromatic rings. The Hall–Kier alpha value is -0.900. The second-order valence-electron chi connectivity index (χ2n) is 5.81. The van der Waals surface area contributed by atoms with E-state index in [9.17, 15) is 0 Å². The van der Waals surface area contributed by atoms with Gasteiger partial charge < -0.3 is 10.5 Å². The van der Waals surface area contributed by atoms with Gasteiger partial charge in [-0.25, -0.2) is 0 Å². The number of rotatable bonds is 9. The zero-order valence-corrected chi connectivity index (χ0v) is 14.4. The summed E-state index contributed by atoms with van der Waals surface area (Å²) in [5, 5.41) is 0. The molecule has 0 saturated carbocycles. The van der Waals surface area contributed by atoms with Crippen LogP contribution in [0.15, 0.2) is 18.2 Å². The lowest BCUT2D eigenvalue weighted by atomic mass is 9.95. The van der Waals surface area contributed by atoms with Crippen LogP contribution >= 0.6 is 0 Å². The van der Waals surface area contributed by atoms with E-state index in [0.29, 0.717) is 12.6 Å². The van der Waals surface area contributed by atoms with Gasteiger partial charge in [0.1, 0.15) is 0 Å². The highest BCUT2D eigenvalue weighted by Gasteiger charge is 2.25. The van der Waals surface area contributed by atoms with Gasteiger partial charge in [0.25, 0.3) is 0 Å². The van der Waals surface area contributed by atoms with E-state index in [1.54, 1.807) is 7.11 Å². The van der Waals surface area contributed by atoms with Crippen LogP contribution in [0, 0.1) is 13.8 Å². The second-order valence-corrected chi connectivity index (χ2v) is 5.81. The summed E-state index contributed by atoms with van der Waals surface area (Å²) in [6.45, 7) is 11.2. The van der Waals surface area contributed by atoms with E-state index in [1.807, 2.05) is 0 Å². The fourth-order valence-electron chi connectivity index (χ4n) is 3.11. The molecule has 0 aliphatic heterocycles. The summed E-state index contributed by atoms with van der Waals surface area (Å²) in [7, 11) is 1.76. The molecule has 3 heteroatoms. The Bertz CT molecular complexity index is 416. The van der Waals surface area contributed by atoms with Gasteiger partial charge in [-0.2, -0.15) is 0 Å². The summed E-state index contributed by atoms with van der Waals surface area (Å²) < 4.78 is 5.31. The van der Waals surface area contributed by atoms with Crippen LogP contribution in [-0.4, -0.2) is 37.7 Å². The first-order valence-corrected chi connectivity index (χ1v) is 8.10. The Kier molecular flexibility index (Phi) is 7.94. The number of aryl methyl sites for hydroxylation is 2. The Morgan fingerprint density at radius 1 is 1.19 bits per heavy atom. The summed E-state index contributed by atoms with van der Waals surface area (Å²) in [5.74, 6) is 0. The van der Waals surface area contributed by atoms with Gasteiger partial charge in [0, 0.05) is 32.3 Å². The first kappa shape index (κ1) is 18.1. The third-order valence-corrected chi connectivity index (χ3v) is 4.38. The van der Waals surface area contributed by atoms with Crippen molar-refractivity contribution in [2.45, 2.75) is 52.6 Å². The molecule has 0 heterocycles. The monoisotopic (exact) mass is 292 g/mol. The Morgan fingerprint density at radius 2 is 1.86 bits per heavy atom. The van der Waals surface area contributed by atoms with E-state index in [0.717, 1.165) is 26.0 Å². The van der Waals surface area contributed by atoms with Crippen molar-refractivity contribution in [1.29, 1.82) is 0 Å². The van der Waals surface area contributed by atoms with Crippen LogP contribution in [0.3, 0.4) is 0 Å². The van der Waals surface area contributed by atoms with Gasteiger partial charge in [0.15, 0.2) is 0 Å². The highest BCUT2D eigenvalue weighted by molar-refractivity contribution is 5.33. The van der Waals surface area contributed by atoms with Crippen molar-refractivity contribution in [3.8, 4) is 0 Å². The minimum Gasteiger partial charge on any atom is -0.383 e. The molecular weight excluding hydrogens is 260 g/mol. The summed E-state index contributed by atoms with van der Waals surface area (Å²) in [6.07, 6.45) is 2.28. The van der Waals surface area contributed by atoms with E-state index in [4.69, 9.17) is 10.5 Å². The van der Waals surface area contributed by atoms with Gasteiger partial charge >= 0.3 is 0 Å². The average molecular weight is 292 g/mol. The Balaban J connectivity index is 3.12. The first-order chi connectivity index (χ1) is 10.1. The van der Waals surface area contributed by atoms with Crippen molar-refractivity contribution in [2.24, 2.45) is 5.73 Å². The SMILES string of the molecule is CCC(CC)N(CCOC)C(CN)c1cc(C)ccc1C. The van der Waals surface area contributed by atoms with E-state index >= 15 is 0 Å². The van der Waals surface area contributed by atoms with Crippen molar-refractivity contribution < 1.29 is 4.74 Å². The van der Waals surface area contributed by atoms with Crippen molar-refractivity contribution in [3.63, 3.8) is 0 Å². The lowest BCUT2D eigenvalue weighted by molar-refractivity contribution is 0.0815. The molecule has 0 spiro atoms. The van der Waals surface area contributed by atoms with E-state index < -0.39 is 0 Å². The predicted molar refractivity (Wildman–Crippen MR) is 90.7 cm³/mol. The second kappa shape index (κ2) is 9.19. The number of hydrogen-bond donors (Lipinski definition) is 1. The molecule has 1 atom stereocenters. The standard InChI is InChI=1S/C18H32N2O/c1-6-16(7-2)20(10-11-21-5)18(13-19)17-12-14(3)8-9-15(17)4/h8-9,12,16,18H,6-7,10-11,13,19H2,1-5H3. The highest BCUT2D eigenvalue weighted by Crippen LogP contribution is 2.27. The van der Waals surface area contributed by atoms with Crippen molar-refractivity contribution in [2.75, 3.05) is 26.8 Å². The largest absolute Gasteiger partial charge is 0.383 e. The molecule has 3 nitrogen and oxygen atoms in total. The minimum absolute atomic E-state index is 0.268. The van der Waals surface area contributed by atoms with Crippen molar-refractivity contribution >= 4 is 0 Å². The minimum atomic E-state index is 0.268. The first-order valence-electron chi connectivity index (χ1n) is 8.10. The molecule has 0 fully saturated rings. The van der Waals surface area contributed by atoms with E-state index in [1.165, 1.54) is 16.7 Å². The normalized spacial score (nSPS) is 13.1. The van der Waals surface area contributed by atoms with Crippen LogP contribution in [0.1, 0.15) is 49.4 Å². The fourth-order valence-corrected chi connectivity index (χ4v) is 3.11. The van der Waals surface area contributed by atoms with Crippen LogP contribution in [0.4, 0.5) is 0 Å². The smallest absolute Gasteiger partial charge is 0.0590 e. The van der Waals surface area contributed by atoms with Gasteiger partial charge in [-0.1, -0.05) is 37.6 Å².